The number of nitrogens with one attached hydrogen (secondary N) is 1. The van der Waals surface area contributed by atoms with Crippen molar-refractivity contribution in [1.82, 2.24) is 9.97 Å². The van der Waals surface area contributed by atoms with Crippen LogP contribution in [0.1, 0.15) is 20.9 Å². The molecular weight excluding hydrogens is 365 g/mol. The van der Waals surface area contributed by atoms with Crippen molar-refractivity contribution in [3.8, 4) is 0 Å². The Hall–Kier alpha value is -1.86. The highest BCUT2D eigenvalue weighted by Gasteiger charge is 2.24. The van der Waals surface area contributed by atoms with E-state index in [1.165, 1.54) is 30.5 Å². The zero-order valence-electron chi connectivity index (χ0n) is 10.4. The van der Waals surface area contributed by atoms with Crippen LogP contribution < -0.4 is 5.32 Å². The van der Waals surface area contributed by atoms with Gasteiger partial charge in [0.2, 0.25) is 11.7 Å². The van der Waals surface area contributed by atoms with Crippen molar-refractivity contribution in [2.45, 2.75) is 4.83 Å². The van der Waals surface area contributed by atoms with Crippen LogP contribution in [0.3, 0.4) is 0 Å². The molecule has 0 fully saturated rings. The first-order valence-corrected chi connectivity index (χ1v) is 6.99. The Balaban J connectivity index is 2.36. The molecule has 2 aromatic rings. The lowest BCUT2D eigenvalue weighted by Gasteiger charge is -2.11. The Morgan fingerprint density at radius 1 is 1.43 bits per heavy atom. The molecule has 1 aromatic carbocycles. The number of Topliss-reactive ketones (excluding diaryl/α,β-unsaturated/α-hetero) is 1. The topological polar surface area (TPSA) is 72.0 Å². The Bertz CT molecular complexity index is 699. The number of hydrogen-bond donors (Lipinski definition) is 1. The SMILES string of the molecule is O=CNc1cccc(C(=O)C(Br)c2ccnc(Cl)n2)c1F. The fraction of sp³-hybridized carbons (Fsp3) is 0.0769. The number of amides is 1. The first-order chi connectivity index (χ1) is 10.0. The number of carbonyl (C=O) groups is 2. The Morgan fingerprint density at radius 2 is 2.19 bits per heavy atom. The minimum absolute atomic E-state index is 0.0124. The molecule has 2 rings (SSSR count). The number of rotatable bonds is 5. The summed E-state index contributed by atoms with van der Waals surface area (Å²) in [5.41, 5.74) is 0.0721. The van der Waals surface area contributed by atoms with E-state index in [1.807, 2.05) is 0 Å². The maximum absolute atomic E-state index is 14.1. The molecule has 108 valence electrons. The molecule has 1 aromatic heterocycles. The maximum atomic E-state index is 14.1. The van der Waals surface area contributed by atoms with Crippen molar-refractivity contribution in [3.05, 3.63) is 52.8 Å². The van der Waals surface area contributed by atoms with Crippen molar-refractivity contribution in [2.24, 2.45) is 0 Å². The van der Waals surface area contributed by atoms with Crippen LogP contribution in [-0.4, -0.2) is 22.2 Å². The molecule has 0 saturated carbocycles. The predicted molar refractivity (Wildman–Crippen MR) is 79.1 cm³/mol. The monoisotopic (exact) mass is 371 g/mol. The van der Waals surface area contributed by atoms with E-state index >= 15 is 0 Å². The molecule has 0 spiro atoms. The van der Waals surface area contributed by atoms with Crippen LogP contribution in [0.5, 0.6) is 0 Å². The minimum atomic E-state index is -0.876. The third-order valence-electron chi connectivity index (χ3n) is 2.62. The van der Waals surface area contributed by atoms with E-state index in [-0.39, 0.29) is 16.5 Å². The van der Waals surface area contributed by atoms with Gasteiger partial charge in [-0.3, -0.25) is 9.59 Å². The average molecular weight is 373 g/mol. The van der Waals surface area contributed by atoms with E-state index in [2.05, 4.69) is 31.2 Å². The summed E-state index contributed by atoms with van der Waals surface area (Å²) in [4.78, 5) is 29.5. The normalized spacial score (nSPS) is 11.8. The van der Waals surface area contributed by atoms with Gasteiger partial charge in [0.15, 0.2) is 11.6 Å². The van der Waals surface area contributed by atoms with Crippen LogP contribution in [0, 0.1) is 5.82 Å². The highest BCUT2D eigenvalue weighted by Crippen LogP contribution is 2.29. The van der Waals surface area contributed by atoms with Crippen LogP contribution in [0.25, 0.3) is 0 Å². The van der Waals surface area contributed by atoms with E-state index < -0.39 is 16.4 Å². The van der Waals surface area contributed by atoms with Crippen molar-refractivity contribution in [1.29, 1.82) is 0 Å². The Morgan fingerprint density at radius 3 is 2.86 bits per heavy atom. The summed E-state index contributed by atoms with van der Waals surface area (Å²) in [5.74, 6) is -1.35. The first kappa shape index (κ1) is 15.5. The van der Waals surface area contributed by atoms with Gasteiger partial charge in [0, 0.05) is 6.20 Å². The van der Waals surface area contributed by atoms with Crippen molar-refractivity contribution in [2.75, 3.05) is 5.32 Å². The molecule has 5 nitrogen and oxygen atoms in total. The zero-order chi connectivity index (χ0) is 15.4. The number of ketones is 1. The largest absolute Gasteiger partial charge is 0.326 e. The second-order valence-corrected chi connectivity index (χ2v) is 5.16. The average Bonchev–Trinajstić information content (AvgIpc) is 2.48. The highest BCUT2D eigenvalue weighted by atomic mass is 79.9. The molecule has 1 heterocycles. The van der Waals surface area contributed by atoms with Gasteiger partial charge in [-0.25, -0.2) is 14.4 Å². The number of carbonyl (C=O) groups excluding carboxylic acids is 2. The van der Waals surface area contributed by atoms with E-state index in [0.29, 0.717) is 12.1 Å². The number of anilines is 1. The van der Waals surface area contributed by atoms with Crippen LogP contribution in [-0.2, 0) is 4.79 Å². The second kappa shape index (κ2) is 6.73. The summed E-state index contributed by atoms with van der Waals surface area (Å²) in [6, 6.07) is 5.64. The molecule has 0 saturated heterocycles. The molecule has 1 atom stereocenters. The molecule has 0 aliphatic heterocycles. The number of alkyl halides is 1. The fourth-order valence-electron chi connectivity index (χ4n) is 1.66. The summed E-state index contributed by atoms with van der Waals surface area (Å²) in [6.07, 6.45) is 1.73. The lowest BCUT2D eigenvalue weighted by atomic mass is 10.0. The lowest BCUT2D eigenvalue weighted by molar-refractivity contribution is -0.105. The second-order valence-electron chi connectivity index (χ2n) is 3.91. The minimum Gasteiger partial charge on any atom is -0.326 e. The molecule has 0 radical (unpaired) electrons. The smallest absolute Gasteiger partial charge is 0.222 e. The number of hydrogen-bond acceptors (Lipinski definition) is 4. The summed E-state index contributed by atoms with van der Waals surface area (Å²) < 4.78 is 14.1. The zero-order valence-corrected chi connectivity index (χ0v) is 12.7. The van der Waals surface area contributed by atoms with Gasteiger partial charge in [0.05, 0.1) is 16.9 Å². The van der Waals surface area contributed by atoms with Gasteiger partial charge in [-0.15, -0.1) is 0 Å². The van der Waals surface area contributed by atoms with Crippen molar-refractivity contribution < 1.29 is 14.0 Å². The van der Waals surface area contributed by atoms with E-state index in [4.69, 9.17) is 11.6 Å². The third-order valence-corrected chi connectivity index (χ3v) is 3.68. The van der Waals surface area contributed by atoms with Gasteiger partial charge < -0.3 is 5.32 Å². The Kier molecular flexibility index (Phi) is 4.98. The number of aromatic nitrogens is 2. The van der Waals surface area contributed by atoms with Crippen LogP contribution in [0.2, 0.25) is 5.28 Å². The molecule has 1 N–H and O–H groups in total. The quantitative estimate of drug-likeness (QED) is 0.379. The highest BCUT2D eigenvalue weighted by molar-refractivity contribution is 9.09. The lowest BCUT2D eigenvalue weighted by Crippen LogP contribution is -2.12. The standard InChI is InChI=1S/C13H8BrClFN3O2/c14-10(8-4-5-17-13(15)19-8)12(21)7-2-1-3-9(11(7)16)18-6-20/h1-6,10H,(H,18,20). The van der Waals surface area contributed by atoms with Gasteiger partial charge in [-0.05, 0) is 29.8 Å². The van der Waals surface area contributed by atoms with Gasteiger partial charge >= 0.3 is 0 Å². The van der Waals surface area contributed by atoms with Crippen molar-refractivity contribution >= 4 is 45.4 Å². The predicted octanol–water partition coefficient (Wildman–Crippen LogP) is 3.16. The molecule has 1 amide bonds. The summed E-state index contributed by atoms with van der Waals surface area (Å²) in [6.45, 7) is 0. The molecule has 1 unspecified atom stereocenters. The van der Waals surface area contributed by atoms with Gasteiger partial charge in [0.25, 0.3) is 0 Å². The molecule has 0 aliphatic carbocycles. The first-order valence-electron chi connectivity index (χ1n) is 5.70. The molecule has 21 heavy (non-hydrogen) atoms. The van der Waals surface area contributed by atoms with E-state index in [1.54, 1.807) is 0 Å². The summed E-state index contributed by atoms with van der Waals surface area (Å²) in [5, 5.41) is 2.18. The number of nitrogens with zero attached hydrogens (tertiary/aromatic N) is 2. The van der Waals surface area contributed by atoms with Gasteiger partial charge in [0.1, 0.15) is 4.83 Å². The van der Waals surface area contributed by atoms with Gasteiger partial charge in [-0.1, -0.05) is 22.0 Å². The number of halogens is 3. The number of benzene rings is 1. The molecule has 8 heteroatoms. The maximum Gasteiger partial charge on any atom is 0.222 e. The summed E-state index contributed by atoms with van der Waals surface area (Å²) in [7, 11) is 0. The molecule has 0 aliphatic rings. The van der Waals surface area contributed by atoms with Crippen LogP contribution in [0.4, 0.5) is 10.1 Å². The molecule has 0 bridgehead atoms. The Labute approximate surface area is 132 Å². The van der Waals surface area contributed by atoms with Crippen LogP contribution in [0.15, 0.2) is 30.5 Å². The van der Waals surface area contributed by atoms with Crippen LogP contribution >= 0.6 is 27.5 Å². The van der Waals surface area contributed by atoms with E-state index in [0.717, 1.165) is 0 Å². The molecular formula is C13H8BrClFN3O2. The van der Waals surface area contributed by atoms with Gasteiger partial charge in [-0.2, -0.15) is 0 Å². The van der Waals surface area contributed by atoms with Crippen molar-refractivity contribution in [3.63, 3.8) is 0 Å². The third kappa shape index (κ3) is 3.43. The fourth-order valence-corrected chi connectivity index (χ4v) is 2.31. The van der Waals surface area contributed by atoms with E-state index in [9.17, 15) is 14.0 Å². The summed E-state index contributed by atoms with van der Waals surface area (Å²) >= 11 is 8.82.